The maximum absolute atomic E-state index is 11.5. The van der Waals surface area contributed by atoms with E-state index in [-0.39, 0.29) is 5.82 Å². The first-order valence-corrected chi connectivity index (χ1v) is 6.08. The Balaban J connectivity index is 2.25. The van der Waals surface area contributed by atoms with Crippen molar-refractivity contribution >= 4 is 18.0 Å². The normalized spacial score (nSPS) is 10.7. The molecule has 1 aromatic carbocycles. The van der Waals surface area contributed by atoms with Crippen LogP contribution < -0.4 is 0 Å². The SMILES string of the molecule is CCOC(=O)c1ccc(-n2nnnc2/C=C/C(=O)O)cc1. The van der Waals surface area contributed by atoms with E-state index >= 15 is 0 Å². The van der Waals surface area contributed by atoms with Gasteiger partial charge >= 0.3 is 11.9 Å². The molecular weight excluding hydrogens is 276 g/mol. The van der Waals surface area contributed by atoms with Crippen LogP contribution in [0.15, 0.2) is 30.3 Å². The fourth-order valence-corrected chi connectivity index (χ4v) is 1.58. The second-order valence-electron chi connectivity index (χ2n) is 3.89. The molecule has 108 valence electrons. The smallest absolute Gasteiger partial charge is 0.338 e. The van der Waals surface area contributed by atoms with Crippen LogP contribution in [0.5, 0.6) is 0 Å². The lowest BCUT2D eigenvalue weighted by Crippen LogP contribution is -2.05. The molecule has 0 saturated carbocycles. The third kappa shape index (κ3) is 3.50. The van der Waals surface area contributed by atoms with Gasteiger partial charge in [0.15, 0.2) is 5.82 Å². The predicted octanol–water partition coefficient (Wildman–Crippen LogP) is 0.937. The monoisotopic (exact) mass is 288 g/mol. The molecule has 1 heterocycles. The van der Waals surface area contributed by atoms with Gasteiger partial charge in [0.05, 0.1) is 17.9 Å². The molecule has 0 unspecified atom stereocenters. The molecule has 0 aliphatic heterocycles. The number of tetrazole rings is 1. The summed E-state index contributed by atoms with van der Waals surface area (Å²) < 4.78 is 6.24. The Kier molecular flexibility index (Phi) is 4.39. The number of nitrogens with zero attached hydrogens (tertiary/aromatic N) is 4. The highest BCUT2D eigenvalue weighted by Gasteiger charge is 2.09. The van der Waals surface area contributed by atoms with Crippen LogP contribution in [0.25, 0.3) is 11.8 Å². The average Bonchev–Trinajstić information content (AvgIpc) is 2.94. The average molecular weight is 288 g/mol. The molecular formula is C13H12N4O4. The number of hydrogen-bond donors (Lipinski definition) is 1. The van der Waals surface area contributed by atoms with Crippen LogP contribution in [0.1, 0.15) is 23.1 Å². The van der Waals surface area contributed by atoms with E-state index in [1.807, 2.05) is 0 Å². The van der Waals surface area contributed by atoms with Gasteiger partial charge < -0.3 is 9.84 Å². The van der Waals surface area contributed by atoms with Crippen molar-refractivity contribution in [3.63, 3.8) is 0 Å². The molecule has 0 aliphatic rings. The molecule has 2 aromatic rings. The largest absolute Gasteiger partial charge is 0.478 e. The van der Waals surface area contributed by atoms with Gasteiger partial charge in [-0.3, -0.25) is 0 Å². The van der Waals surface area contributed by atoms with E-state index in [0.29, 0.717) is 17.9 Å². The molecule has 0 spiro atoms. The molecule has 0 fully saturated rings. The number of rotatable bonds is 5. The number of hydrogen-bond acceptors (Lipinski definition) is 6. The Morgan fingerprint density at radius 3 is 2.67 bits per heavy atom. The van der Waals surface area contributed by atoms with Crippen LogP contribution >= 0.6 is 0 Å². The zero-order chi connectivity index (χ0) is 15.2. The molecule has 1 N–H and O–H groups in total. The van der Waals surface area contributed by atoms with Crippen LogP contribution in [0.3, 0.4) is 0 Å². The summed E-state index contributed by atoms with van der Waals surface area (Å²) in [5, 5.41) is 19.6. The van der Waals surface area contributed by atoms with Gasteiger partial charge in [0, 0.05) is 6.08 Å². The molecule has 1 aromatic heterocycles. The van der Waals surface area contributed by atoms with Crippen molar-refractivity contribution in [3.8, 4) is 5.69 Å². The maximum atomic E-state index is 11.5. The molecule has 0 aliphatic carbocycles. The Morgan fingerprint density at radius 2 is 2.05 bits per heavy atom. The number of esters is 1. The second kappa shape index (κ2) is 6.42. The standard InChI is InChI=1S/C13H12N4O4/c1-2-21-13(20)9-3-5-10(6-4-9)17-11(14-15-16-17)7-8-12(18)19/h3-8H,2H2,1H3,(H,18,19)/b8-7+. The van der Waals surface area contributed by atoms with Crippen molar-refractivity contribution in [2.45, 2.75) is 6.92 Å². The van der Waals surface area contributed by atoms with E-state index in [1.54, 1.807) is 31.2 Å². The predicted molar refractivity (Wildman–Crippen MR) is 71.8 cm³/mol. The summed E-state index contributed by atoms with van der Waals surface area (Å²) in [6.45, 7) is 2.03. The van der Waals surface area contributed by atoms with Gasteiger partial charge in [-0.15, -0.1) is 5.10 Å². The lowest BCUT2D eigenvalue weighted by atomic mass is 10.2. The molecule has 0 amide bonds. The molecule has 0 radical (unpaired) electrons. The Hall–Kier alpha value is -3.03. The van der Waals surface area contributed by atoms with Crippen molar-refractivity contribution in [2.24, 2.45) is 0 Å². The summed E-state index contributed by atoms with van der Waals surface area (Å²) >= 11 is 0. The zero-order valence-corrected chi connectivity index (χ0v) is 11.1. The summed E-state index contributed by atoms with van der Waals surface area (Å²) in [6, 6.07) is 6.45. The topological polar surface area (TPSA) is 107 Å². The van der Waals surface area contributed by atoms with Gasteiger partial charge in [-0.25, -0.2) is 9.59 Å². The number of carboxylic acid groups (broad SMARTS) is 1. The fourth-order valence-electron chi connectivity index (χ4n) is 1.58. The number of aliphatic carboxylic acids is 1. The van der Waals surface area contributed by atoms with Gasteiger partial charge in [0.1, 0.15) is 0 Å². The van der Waals surface area contributed by atoms with Crippen molar-refractivity contribution in [2.75, 3.05) is 6.61 Å². The van der Waals surface area contributed by atoms with Gasteiger partial charge in [-0.1, -0.05) is 0 Å². The highest BCUT2D eigenvalue weighted by molar-refractivity contribution is 5.89. The van der Waals surface area contributed by atoms with Gasteiger partial charge in [0.2, 0.25) is 0 Å². The van der Waals surface area contributed by atoms with Crippen LogP contribution in [-0.2, 0) is 9.53 Å². The van der Waals surface area contributed by atoms with E-state index in [9.17, 15) is 9.59 Å². The number of aromatic nitrogens is 4. The third-order valence-corrected chi connectivity index (χ3v) is 2.49. The van der Waals surface area contributed by atoms with Crippen LogP contribution in [-0.4, -0.2) is 43.9 Å². The van der Waals surface area contributed by atoms with E-state index in [0.717, 1.165) is 6.08 Å². The minimum Gasteiger partial charge on any atom is -0.478 e. The molecule has 21 heavy (non-hydrogen) atoms. The molecule has 0 saturated heterocycles. The van der Waals surface area contributed by atoms with Crippen LogP contribution in [0.4, 0.5) is 0 Å². The molecule has 0 bridgehead atoms. The molecule has 8 heteroatoms. The Morgan fingerprint density at radius 1 is 1.33 bits per heavy atom. The van der Waals surface area contributed by atoms with Crippen molar-refractivity contribution in [1.82, 2.24) is 20.2 Å². The number of benzene rings is 1. The third-order valence-electron chi connectivity index (χ3n) is 2.49. The fraction of sp³-hybridized carbons (Fsp3) is 0.154. The Bertz CT molecular complexity index is 676. The number of carboxylic acids is 1. The van der Waals surface area contributed by atoms with Gasteiger partial charge in [0.25, 0.3) is 0 Å². The number of carbonyl (C=O) groups excluding carboxylic acids is 1. The van der Waals surface area contributed by atoms with Crippen molar-refractivity contribution in [3.05, 3.63) is 41.7 Å². The summed E-state index contributed by atoms with van der Waals surface area (Å²) in [5.74, 6) is -1.24. The zero-order valence-electron chi connectivity index (χ0n) is 11.1. The van der Waals surface area contributed by atoms with E-state index in [1.165, 1.54) is 10.8 Å². The van der Waals surface area contributed by atoms with E-state index in [2.05, 4.69) is 15.5 Å². The molecule has 8 nitrogen and oxygen atoms in total. The highest BCUT2D eigenvalue weighted by Crippen LogP contribution is 2.11. The molecule has 0 atom stereocenters. The highest BCUT2D eigenvalue weighted by atomic mass is 16.5. The van der Waals surface area contributed by atoms with E-state index in [4.69, 9.17) is 9.84 Å². The van der Waals surface area contributed by atoms with Gasteiger partial charge in [-0.2, -0.15) is 4.68 Å². The van der Waals surface area contributed by atoms with E-state index < -0.39 is 11.9 Å². The second-order valence-corrected chi connectivity index (χ2v) is 3.89. The quantitative estimate of drug-likeness (QED) is 0.644. The lowest BCUT2D eigenvalue weighted by molar-refractivity contribution is -0.131. The summed E-state index contributed by atoms with van der Waals surface area (Å²) in [4.78, 5) is 22.0. The first-order chi connectivity index (χ1) is 10.1. The first-order valence-electron chi connectivity index (χ1n) is 6.08. The number of ether oxygens (including phenoxy) is 1. The summed E-state index contributed by atoms with van der Waals surface area (Å²) in [7, 11) is 0. The van der Waals surface area contributed by atoms with Crippen LogP contribution in [0, 0.1) is 0 Å². The van der Waals surface area contributed by atoms with Crippen molar-refractivity contribution < 1.29 is 19.4 Å². The summed E-state index contributed by atoms with van der Waals surface area (Å²) in [6.07, 6.45) is 2.22. The number of carbonyl (C=O) groups is 2. The molecule has 2 rings (SSSR count). The minimum atomic E-state index is -1.10. The Labute approximate surface area is 119 Å². The first kappa shape index (κ1) is 14.4. The minimum absolute atomic E-state index is 0.265. The maximum Gasteiger partial charge on any atom is 0.338 e. The van der Waals surface area contributed by atoms with Crippen molar-refractivity contribution in [1.29, 1.82) is 0 Å². The summed E-state index contributed by atoms with van der Waals surface area (Å²) in [5.41, 5.74) is 1.01. The van der Waals surface area contributed by atoms with Crippen LogP contribution in [0.2, 0.25) is 0 Å². The van der Waals surface area contributed by atoms with Gasteiger partial charge in [-0.05, 0) is 47.7 Å². The lowest BCUT2D eigenvalue weighted by Gasteiger charge is -2.04.